The van der Waals surface area contributed by atoms with Crippen molar-refractivity contribution in [3.8, 4) is 0 Å². The van der Waals surface area contributed by atoms with Gasteiger partial charge in [-0.1, -0.05) is 38.5 Å². The minimum atomic E-state index is -1.32. The van der Waals surface area contributed by atoms with Crippen LogP contribution < -0.4 is 33.2 Å². The van der Waals surface area contributed by atoms with Gasteiger partial charge in [-0.15, -0.1) is 0 Å². The maximum absolute atomic E-state index is 13.3. The molecule has 5 unspecified atom stereocenters. The van der Waals surface area contributed by atoms with E-state index in [1.807, 2.05) is 38.1 Å². The Balaban J connectivity index is 2.21. The molecule has 1 aromatic carbocycles. The van der Waals surface area contributed by atoms with Gasteiger partial charge in [0, 0.05) is 29.9 Å². The minimum absolute atomic E-state index is 0.0210. The average molecular weight is 574 g/mol. The van der Waals surface area contributed by atoms with Gasteiger partial charge in [0.1, 0.15) is 18.1 Å². The Morgan fingerprint density at radius 1 is 0.927 bits per heavy atom. The number of carboxylic acids is 1. The molecule has 2 rings (SSSR count). The van der Waals surface area contributed by atoms with Crippen molar-refractivity contribution in [1.82, 2.24) is 20.9 Å². The molecule has 0 fully saturated rings. The van der Waals surface area contributed by atoms with Crippen LogP contribution in [-0.4, -0.2) is 70.4 Å². The number of aliphatic carboxylic acids is 1. The third-order valence-corrected chi connectivity index (χ3v) is 7.17. The molecule has 226 valence electrons. The lowest BCUT2D eigenvalue weighted by atomic mass is 9.98. The normalized spacial score (nSPS) is 14.8. The fourth-order valence-electron chi connectivity index (χ4n) is 4.36. The van der Waals surface area contributed by atoms with Crippen molar-refractivity contribution in [2.24, 2.45) is 23.1 Å². The summed E-state index contributed by atoms with van der Waals surface area (Å²) in [5, 5.41) is 18.4. The first-order valence-electron chi connectivity index (χ1n) is 13.9. The molecule has 0 radical (unpaired) electrons. The van der Waals surface area contributed by atoms with Gasteiger partial charge in [0.05, 0.1) is 6.04 Å². The third-order valence-electron chi connectivity index (χ3n) is 7.17. The fourth-order valence-corrected chi connectivity index (χ4v) is 4.36. The highest BCUT2D eigenvalue weighted by Crippen LogP contribution is 2.19. The third kappa shape index (κ3) is 10.2. The largest absolute Gasteiger partial charge is 0.480 e. The van der Waals surface area contributed by atoms with Crippen molar-refractivity contribution >= 4 is 40.5 Å². The second kappa shape index (κ2) is 16.3. The zero-order valence-corrected chi connectivity index (χ0v) is 23.7. The van der Waals surface area contributed by atoms with Gasteiger partial charge >= 0.3 is 5.97 Å². The van der Waals surface area contributed by atoms with E-state index in [1.54, 1.807) is 6.20 Å². The van der Waals surface area contributed by atoms with E-state index in [4.69, 9.17) is 17.2 Å². The van der Waals surface area contributed by atoms with Gasteiger partial charge in [-0.25, -0.2) is 4.79 Å². The van der Waals surface area contributed by atoms with Crippen LogP contribution in [0.25, 0.3) is 10.9 Å². The molecule has 0 spiro atoms. The van der Waals surface area contributed by atoms with E-state index in [0.29, 0.717) is 31.4 Å². The Kier molecular flexibility index (Phi) is 13.2. The van der Waals surface area contributed by atoms with Gasteiger partial charge in [0.2, 0.25) is 23.6 Å². The average Bonchev–Trinajstić information content (AvgIpc) is 3.35. The van der Waals surface area contributed by atoms with Crippen LogP contribution in [0.3, 0.4) is 0 Å². The van der Waals surface area contributed by atoms with E-state index < -0.39 is 53.8 Å². The first kappa shape index (κ1) is 33.2. The molecule has 2 aromatic rings. The highest BCUT2D eigenvalue weighted by atomic mass is 16.4. The van der Waals surface area contributed by atoms with E-state index in [-0.39, 0.29) is 31.6 Å². The standard InChI is InChI=1S/C28H43N7O6/c1-3-16(2)24(31)27(39)34-20(10-6-7-13-29)25(37)33-21(11-12-23(30)36)26(38)35-22(28(40)41)14-17-15-32-19-9-5-4-8-18(17)19/h4-5,8-9,15-16,20-22,24,32H,3,6-7,10-14,29,31H2,1-2H3,(H2,30,36)(H,33,37)(H,34,39)(H,35,38)(H,40,41). The number of primary amides is 1. The number of amides is 4. The zero-order chi connectivity index (χ0) is 30.5. The number of carbonyl (C=O) groups excluding carboxylic acids is 4. The predicted octanol–water partition coefficient (Wildman–Crippen LogP) is 0.0173. The number of carboxylic acid groups (broad SMARTS) is 1. The fraction of sp³-hybridized carbons (Fsp3) is 0.536. The summed E-state index contributed by atoms with van der Waals surface area (Å²) in [4.78, 5) is 65.9. The molecule has 1 heterocycles. The lowest BCUT2D eigenvalue weighted by Gasteiger charge is -2.26. The smallest absolute Gasteiger partial charge is 0.326 e. The Labute approximate surface area is 239 Å². The summed E-state index contributed by atoms with van der Waals surface area (Å²) >= 11 is 0. The van der Waals surface area contributed by atoms with Gasteiger partial charge < -0.3 is 43.2 Å². The highest BCUT2D eigenvalue weighted by molar-refractivity contribution is 5.94. The molecular formula is C28H43N7O6. The van der Waals surface area contributed by atoms with Crippen LogP contribution in [0.2, 0.25) is 0 Å². The zero-order valence-electron chi connectivity index (χ0n) is 23.7. The van der Waals surface area contributed by atoms with Crippen LogP contribution in [0.1, 0.15) is 57.9 Å². The quantitative estimate of drug-likeness (QED) is 0.113. The first-order valence-corrected chi connectivity index (χ1v) is 13.9. The molecule has 0 bridgehead atoms. The molecule has 5 atom stereocenters. The number of nitrogens with two attached hydrogens (primary N) is 3. The van der Waals surface area contributed by atoms with Crippen LogP contribution in [-0.2, 0) is 30.4 Å². The van der Waals surface area contributed by atoms with E-state index in [2.05, 4.69) is 20.9 Å². The summed E-state index contributed by atoms with van der Waals surface area (Å²) in [7, 11) is 0. The van der Waals surface area contributed by atoms with E-state index in [0.717, 1.165) is 10.9 Å². The predicted molar refractivity (Wildman–Crippen MR) is 154 cm³/mol. The second-order valence-electron chi connectivity index (χ2n) is 10.3. The van der Waals surface area contributed by atoms with Crippen LogP contribution in [0.5, 0.6) is 0 Å². The molecular weight excluding hydrogens is 530 g/mol. The van der Waals surface area contributed by atoms with Gasteiger partial charge in [-0.2, -0.15) is 0 Å². The monoisotopic (exact) mass is 573 g/mol. The second-order valence-corrected chi connectivity index (χ2v) is 10.3. The van der Waals surface area contributed by atoms with E-state index >= 15 is 0 Å². The summed E-state index contributed by atoms with van der Waals surface area (Å²) in [5.74, 6) is -4.06. The summed E-state index contributed by atoms with van der Waals surface area (Å²) in [6.45, 7) is 4.12. The van der Waals surface area contributed by atoms with Gasteiger partial charge in [0.25, 0.3) is 0 Å². The summed E-state index contributed by atoms with van der Waals surface area (Å²) in [6, 6.07) is 2.90. The van der Waals surface area contributed by atoms with Crippen molar-refractivity contribution in [2.75, 3.05) is 6.54 Å². The molecule has 11 N–H and O–H groups in total. The number of fused-ring (bicyclic) bond motifs is 1. The molecule has 0 aliphatic heterocycles. The summed E-state index contributed by atoms with van der Waals surface area (Å²) in [5.41, 5.74) is 18.4. The number of aromatic amines is 1. The number of hydrogen-bond donors (Lipinski definition) is 8. The number of aromatic nitrogens is 1. The Hall–Kier alpha value is -3.97. The van der Waals surface area contributed by atoms with E-state index in [9.17, 15) is 29.1 Å². The number of para-hydroxylation sites is 1. The Morgan fingerprint density at radius 3 is 2.15 bits per heavy atom. The molecule has 1 aromatic heterocycles. The molecule has 13 nitrogen and oxygen atoms in total. The Bertz CT molecular complexity index is 1200. The number of nitrogens with one attached hydrogen (secondary N) is 4. The Morgan fingerprint density at radius 2 is 1.54 bits per heavy atom. The number of rotatable bonds is 18. The lowest BCUT2D eigenvalue weighted by molar-refractivity contribution is -0.142. The molecule has 0 aliphatic rings. The summed E-state index contributed by atoms with van der Waals surface area (Å²) in [6.07, 6.45) is 3.30. The van der Waals surface area contributed by atoms with Crippen molar-refractivity contribution in [3.63, 3.8) is 0 Å². The number of H-pyrrole nitrogens is 1. The maximum Gasteiger partial charge on any atom is 0.326 e. The molecule has 13 heteroatoms. The molecule has 0 saturated carbocycles. The SMILES string of the molecule is CCC(C)C(N)C(=O)NC(CCCCN)C(=O)NC(CCC(N)=O)C(=O)NC(Cc1c[nH]c2ccccc12)C(=O)O. The summed E-state index contributed by atoms with van der Waals surface area (Å²) < 4.78 is 0. The number of unbranched alkanes of at least 4 members (excludes halogenated alkanes) is 1. The van der Waals surface area contributed by atoms with Crippen LogP contribution in [0.4, 0.5) is 0 Å². The molecule has 0 aliphatic carbocycles. The number of benzene rings is 1. The number of hydrogen-bond acceptors (Lipinski definition) is 7. The van der Waals surface area contributed by atoms with Crippen molar-refractivity contribution in [1.29, 1.82) is 0 Å². The molecule has 41 heavy (non-hydrogen) atoms. The van der Waals surface area contributed by atoms with Crippen LogP contribution in [0, 0.1) is 5.92 Å². The minimum Gasteiger partial charge on any atom is -0.480 e. The molecule has 4 amide bonds. The van der Waals surface area contributed by atoms with Crippen LogP contribution in [0.15, 0.2) is 30.5 Å². The first-order chi connectivity index (χ1) is 19.5. The highest BCUT2D eigenvalue weighted by Gasteiger charge is 2.31. The van der Waals surface area contributed by atoms with Gasteiger partial charge in [-0.3, -0.25) is 19.2 Å². The number of carbonyl (C=O) groups is 5. The van der Waals surface area contributed by atoms with Crippen molar-refractivity contribution in [3.05, 3.63) is 36.0 Å². The van der Waals surface area contributed by atoms with Gasteiger partial charge in [0.15, 0.2) is 0 Å². The van der Waals surface area contributed by atoms with Gasteiger partial charge in [-0.05, 0) is 49.8 Å². The lowest BCUT2D eigenvalue weighted by Crippen LogP contribution is -2.57. The van der Waals surface area contributed by atoms with Crippen LogP contribution >= 0.6 is 0 Å². The van der Waals surface area contributed by atoms with Crippen molar-refractivity contribution < 1.29 is 29.1 Å². The molecule has 0 saturated heterocycles. The maximum atomic E-state index is 13.3. The van der Waals surface area contributed by atoms with Crippen molar-refractivity contribution in [2.45, 2.75) is 83.0 Å². The van der Waals surface area contributed by atoms with E-state index in [1.165, 1.54) is 0 Å². The topological polar surface area (TPSA) is 236 Å².